The molecule has 0 saturated carbocycles. The molecule has 0 bridgehead atoms. The molecular weight excluding hydrogens is 317 g/mol. The Bertz CT molecular complexity index is 473. The average Bonchev–Trinajstić information content (AvgIpc) is 2.32. The van der Waals surface area contributed by atoms with Crippen LogP contribution in [0.4, 0.5) is 0 Å². The predicted molar refractivity (Wildman–Crippen MR) is 69.2 cm³/mol. The van der Waals surface area contributed by atoms with Crippen LogP contribution in [0.2, 0.25) is 0 Å². The van der Waals surface area contributed by atoms with Crippen molar-refractivity contribution >= 4 is 22.6 Å². The molecule has 0 saturated heterocycles. The minimum absolute atomic E-state index is 0.381. The molecular formula is C11H10IN3O. The van der Waals surface area contributed by atoms with Gasteiger partial charge in [-0.15, -0.1) is 0 Å². The number of benzene rings is 1. The number of rotatable bonds is 3. The Kier molecular flexibility index (Phi) is 3.68. The number of hydrogen-bond acceptors (Lipinski definition) is 4. The van der Waals surface area contributed by atoms with Crippen molar-refractivity contribution in [1.82, 2.24) is 9.97 Å². The van der Waals surface area contributed by atoms with Gasteiger partial charge in [0.15, 0.2) is 0 Å². The second-order valence-electron chi connectivity index (χ2n) is 3.11. The number of ether oxygens (including phenoxy) is 1. The molecule has 0 aliphatic heterocycles. The van der Waals surface area contributed by atoms with E-state index in [1.165, 1.54) is 6.33 Å². The first-order valence-electron chi connectivity index (χ1n) is 4.72. The maximum atomic E-state index is 5.57. The van der Waals surface area contributed by atoms with Crippen LogP contribution in [0.3, 0.4) is 0 Å². The molecule has 0 amide bonds. The van der Waals surface area contributed by atoms with Crippen LogP contribution in [-0.2, 0) is 6.54 Å². The van der Waals surface area contributed by atoms with Gasteiger partial charge in [-0.05, 0) is 46.9 Å². The number of halogens is 1. The first kappa shape index (κ1) is 11.3. The molecule has 4 nitrogen and oxygen atoms in total. The van der Waals surface area contributed by atoms with Gasteiger partial charge in [-0.1, -0.05) is 0 Å². The molecule has 0 radical (unpaired) electrons. The molecule has 0 aliphatic carbocycles. The van der Waals surface area contributed by atoms with Crippen molar-refractivity contribution in [2.24, 2.45) is 5.73 Å². The molecule has 82 valence electrons. The van der Waals surface area contributed by atoms with Gasteiger partial charge in [-0.3, -0.25) is 0 Å². The number of nitrogens with zero attached hydrogens (tertiary/aromatic N) is 2. The summed E-state index contributed by atoms with van der Waals surface area (Å²) in [6.45, 7) is 0.381. The van der Waals surface area contributed by atoms with Crippen LogP contribution in [0, 0.1) is 3.57 Å². The smallest absolute Gasteiger partial charge is 0.222 e. The lowest BCUT2D eigenvalue weighted by Gasteiger charge is -2.05. The van der Waals surface area contributed by atoms with Crippen molar-refractivity contribution in [3.05, 3.63) is 45.9 Å². The lowest BCUT2D eigenvalue weighted by atomic mass is 10.3. The zero-order valence-corrected chi connectivity index (χ0v) is 10.6. The fourth-order valence-corrected chi connectivity index (χ4v) is 1.53. The third-order valence-electron chi connectivity index (χ3n) is 1.94. The normalized spacial score (nSPS) is 10.1. The third kappa shape index (κ3) is 2.89. The summed E-state index contributed by atoms with van der Waals surface area (Å²) in [4.78, 5) is 8.01. The quantitative estimate of drug-likeness (QED) is 0.879. The van der Waals surface area contributed by atoms with Gasteiger partial charge >= 0.3 is 0 Å². The van der Waals surface area contributed by atoms with Crippen molar-refractivity contribution in [1.29, 1.82) is 0 Å². The summed E-state index contributed by atoms with van der Waals surface area (Å²) in [5.74, 6) is 1.26. The van der Waals surface area contributed by atoms with Crippen molar-refractivity contribution in [2.45, 2.75) is 6.54 Å². The number of hydrogen-bond donors (Lipinski definition) is 1. The summed E-state index contributed by atoms with van der Waals surface area (Å²) in [5, 5.41) is 0. The maximum Gasteiger partial charge on any atom is 0.222 e. The molecule has 2 aromatic rings. The predicted octanol–water partition coefficient (Wildman–Crippen LogP) is 2.33. The average molecular weight is 327 g/mol. The molecule has 0 unspecified atom stereocenters. The molecule has 0 atom stereocenters. The summed E-state index contributed by atoms with van der Waals surface area (Å²) in [6, 6.07) is 9.47. The molecule has 0 fully saturated rings. The van der Waals surface area contributed by atoms with Gasteiger partial charge in [0.1, 0.15) is 12.1 Å². The molecule has 0 spiro atoms. The van der Waals surface area contributed by atoms with Crippen molar-refractivity contribution in [3.8, 4) is 11.6 Å². The maximum absolute atomic E-state index is 5.57. The molecule has 2 rings (SSSR count). The second kappa shape index (κ2) is 5.22. The molecule has 16 heavy (non-hydrogen) atoms. The van der Waals surface area contributed by atoms with Gasteiger partial charge in [0.25, 0.3) is 0 Å². The van der Waals surface area contributed by atoms with Crippen molar-refractivity contribution in [3.63, 3.8) is 0 Å². The Morgan fingerprint density at radius 1 is 1.19 bits per heavy atom. The van der Waals surface area contributed by atoms with Crippen LogP contribution < -0.4 is 10.5 Å². The Morgan fingerprint density at radius 3 is 2.62 bits per heavy atom. The van der Waals surface area contributed by atoms with Gasteiger partial charge in [0, 0.05) is 16.2 Å². The number of nitrogens with two attached hydrogens (primary N) is 1. The largest absolute Gasteiger partial charge is 0.439 e. The zero-order valence-electron chi connectivity index (χ0n) is 8.43. The fourth-order valence-electron chi connectivity index (χ4n) is 1.17. The molecule has 1 aromatic heterocycles. The van der Waals surface area contributed by atoms with E-state index in [4.69, 9.17) is 10.5 Å². The zero-order chi connectivity index (χ0) is 11.4. The SMILES string of the molecule is NCc1cc(Oc2ccc(I)cc2)ncn1. The lowest BCUT2D eigenvalue weighted by Crippen LogP contribution is -2.00. The van der Waals surface area contributed by atoms with Gasteiger partial charge in [-0.25, -0.2) is 9.97 Å². The van der Waals surface area contributed by atoms with Crippen LogP contribution in [0.15, 0.2) is 36.7 Å². The Morgan fingerprint density at radius 2 is 1.94 bits per heavy atom. The standard InChI is InChI=1S/C11H10IN3O/c12-8-1-3-10(4-2-8)16-11-5-9(6-13)14-7-15-11/h1-5,7H,6,13H2. The Hall–Kier alpha value is -1.21. The Labute approximate surface area is 107 Å². The van der Waals surface area contributed by atoms with Crippen molar-refractivity contribution in [2.75, 3.05) is 0 Å². The first-order valence-corrected chi connectivity index (χ1v) is 5.80. The van der Waals surface area contributed by atoms with Gasteiger partial charge in [0.05, 0.1) is 5.69 Å². The highest BCUT2D eigenvalue weighted by molar-refractivity contribution is 14.1. The lowest BCUT2D eigenvalue weighted by molar-refractivity contribution is 0.460. The summed E-state index contributed by atoms with van der Waals surface area (Å²) in [5.41, 5.74) is 6.24. The van der Waals surface area contributed by atoms with Crippen molar-refractivity contribution < 1.29 is 4.74 Å². The second-order valence-corrected chi connectivity index (χ2v) is 4.35. The summed E-state index contributed by atoms with van der Waals surface area (Å²) in [7, 11) is 0. The highest BCUT2D eigenvalue weighted by Crippen LogP contribution is 2.20. The highest BCUT2D eigenvalue weighted by Gasteiger charge is 2.00. The van der Waals surface area contributed by atoms with E-state index >= 15 is 0 Å². The van der Waals surface area contributed by atoms with Crippen LogP contribution in [0.1, 0.15) is 5.69 Å². The van der Waals surface area contributed by atoms with E-state index in [1.54, 1.807) is 6.07 Å². The van der Waals surface area contributed by atoms with E-state index in [9.17, 15) is 0 Å². The minimum atomic E-state index is 0.381. The Balaban J connectivity index is 2.16. The van der Waals surface area contributed by atoms with Gasteiger partial charge in [0.2, 0.25) is 5.88 Å². The van der Waals surface area contributed by atoms with Crippen LogP contribution in [0.5, 0.6) is 11.6 Å². The third-order valence-corrected chi connectivity index (χ3v) is 2.66. The molecule has 5 heteroatoms. The van der Waals surface area contributed by atoms with Crippen LogP contribution >= 0.6 is 22.6 Å². The molecule has 2 N–H and O–H groups in total. The molecule has 0 aliphatic rings. The van der Waals surface area contributed by atoms with E-state index in [-0.39, 0.29) is 0 Å². The van der Waals surface area contributed by atoms with E-state index in [1.807, 2.05) is 24.3 Å². The van der Waals surface area contributed by atoms with Gasteiger partial charge < -0.3 is 10.5 Å². The molecule has 1 aromatic carbocycles. The van der Waals surface area contributed by atoms with E-state index < -0.39 is 0 Å². The van der Waals surface area contributed by atoms with E-state index in [0.29, 0.717) is 12.4 Å². The van der Waals surface area contributed by atoms with E-state index in [2.05, 4.69) is 32.6 Å². The first-order chi connectivity index (χ1) is 7.78. The molecule has 1 heterocycles. The summed E-state index contributed by atoms with van der Waals surface area (Å²) < 4.78 is 6.73. The van der Waals surface area contributed by atoms with Gasteiger partial charge in [-0.2, -0.15) is 0 Å². The topological polar surface area (TPSA) is 61.0 Å². The minimum Gasteiger partial charge on any atom is -0.439 e. The highest BCUT2D eigenvalue weighted by atomic mass is 127. The summed E-state index contributed by atoms with van der Waals surface area (Å²) >= 11 is 2.24. The monoisotopic (exact) mass is 327 g/mol. The fraction of sp³-hybridized carbons (Fsp3) is 0.0909. The van der Waals surface area contributed by atoms with Crippen LogP contribution in [-0.4, -0.2) is 9.97 Å². The summed E-state index contributed by atoms with van der Waals surface area (Å²) in [6.07, 6.45) is 1.45. The number of aromatic nitrogens is 2. The van der Waals surface area contributed by atoms with Crippen LogP contribution in [0.25, 0.3) is 0 Å². The van der Waals surface area contributed by atoms with E-state index in [0.717, 1.165) is 15.0 Å².